The number of halogens is 6. The van der Waals surface area contributed by atoms with Crippen molar-refractivity contribution in [3.05, 3.63) is 37.4 Å². The second-order valence-electron chi connectivity index (χ2n) is 5.06. The highest BCUT2D eigenvalue weighted by Crippen LogP contribution is 2.21. The van der Waals surface area contributed by atoms with Gasteiger partial charge < -0.3 is 9.11 Å². The lowest BCUT2D eigenvalue weighted by Gasteiger charge is -2.08. The van der Waals surface area contributed by atoms with Crippen LogP contribution in [0.15, 0.2) is 37.4 Å². The molecule has 2 aromatic heterocycles. The monoisotopic (exact) mass is 490 g/mol. The zero-order valence-corrected chi connectivity index (χ0v) is 16.3. The first-order valence-electron chi connectivity index (χ1n) is 6.82. The average molecular weight is 490 g/mol. The van der Waals surface area contributed by atoms with E-state index >= 15 is 0 Å². The first-order chi connectivity index (χ1) is 13.2. The Balaban J connectivity index is 0.000000456. The maximum Gasteiger partial charge on any atom is 0.513 e. The van der Waals surface area contributed by atoms with Crippen molar-refractivity contribution >= 4 is 26.3 Å². The third-order valence-corrected chi connectivity index (χ3v) is 3.68. The van der Waals surface area contributed by atoms with E-state index in [1.165, 1.54) is 9.13 Å². The highest BCUT2D eigenvalue weighted by Gasteiger charge is 2.37. The second kappa shape index (κ2) is 9.53. The molecular formula is C11H12F6N4O7S2. The van der Waals surface area contributed by atoms with E-state index in [0.29, 0.717) is 0 Å². The Morgan fingerprint density at radius 3 is 1.13 bits per heavy atom. The summed E-state index contributed by atoms with van der Waals surface area (Å²) < 4.78 is 125. The number of hydrogen-bond acceptors (Lipinski definition) is 7. The number of aromatic nitrogens is 4. The number of nitrogens with zero attached hydrogens (tertiary/aromatic N) is 4. The predicted octanol–water partition coefficient (Wildman–Crippen LogP) is -0.442. The maximum absolute atomic E-state index is 11.8. The highest BCUT2D eigenvalue weighted by molar-refractivity contribution is 7.86. The van der Waals surface area contributed by atoms with E-state index in [1.54, 1.807) is 25.0 Å². The van der Waals surface area contributed by atoms with Gasteiger partial charge in [0, 0.05) is 0 Å². The van der Waals surface area contributed by atoms with E-state index in [2.05, 4.69) is 0 Å². The Morgan fingerprint density at radius 2 is 1.00 bits per heavy atom. The summed E-state index contributed by atoms with van der Waals surface area (Å²) in [7, 11) is -8.43. The minimum atomic E-state index is -6.09. The van der Waals surface area contributed by atoms with Gasteiger partial charge in [0.2, 0.25) is 0 Å². The number of rotatable bonds is 0. The molecule has 11 nitrogen and oxygen atoms in total. The molecule has 0 N–H and O–H groups in total. The molecule has 0 amide bonds. The molecular weight excluding hydrogens is 478 g/mol. The van der Waals surface area contributed by atoms with Gasteiger partial charge in [-0.05, 0) is 0 Å². The van der Waals surface area contributed by atoms with Crippen LogP contribution in [0.2, 0.25) is 0 Å². The van der Waals surface area contributed by atoms with E-state index in [-0.39, 0.29) is 6.03 Å². The summed E-state index contributed by atoms with van der Waals surface area (Å²) in [6.45, 7) is 0. The minimum absolute atomic E-state index is 0.0915. The highest BCUT2D eigenvalue weighted by atomic mass is 32.2. The molecule has 0 spiro atoms. The van der Waals surface area contributed by atoms with Crippen LogP contribution in [-0.4, -0.2) is 52.1 Å². The number of aryl methyl sites for hydroxylation is 2. The van der Waals surface area contributed by atoms with Crippen LogP contribution in [0.3, 0.4) is 0 Å². The van der Waals surface area contributed by atoms with Crippen molar-refractivity contribution in [1.29, 1.82) is 0 Å². The molecule has 0 fully saturated rings. The largest absolute Gasteiger partial charge is 0.741 e. The van der Waals surface area contributed by atoms with Gasteiger partial charge in [0.05, 0.1) is 14.1 Å². The predicted molar refractivity (Wildman–Crippen MR) is 78.9 cm³/mol. The first kappa shape index (κ1) is 27.5. The molecule has 172 valence electrons. The summed E-state index contributed by atoms with van der Waals surface area (Å²) in [4.78, 5) is 11.8. The summed E-state index contributed by atoms with van der Waals surface area (Å²) in [5.41, 5.74) is -11.3. The fraction of sp³-hybridized carbons (Fsp3) is 0.364. The van der Waals surface area contributed by atoms with E-state index < -0.39 is 31.3 Å². The molecule has 2 aromatic rings. The summed E-state index contributed by atoms with van der Waals surface area (Å²) in [6.07, 6.45) is 10.5. The normalized spacial score (nSPS) is 12.3. The third-order valence-electron chi connectivity index (χ3n) is 2.55. The molecule has 0 aliphatic heterocycles. The Labute approximate surface area is 164 Å². The van der Waals surface area contributed by atoms with Gasteiger partial charge in [-0.15, -0.1) is 9.13 Å². The SMILES string of the molecule is C[n+]1ccn(C(=O)n2cc[n+](C)c2)c1.O=S(=O)([O-])C(F)(F)F.O=S(=O)([O-])C(F)(F)F. The van der Waals surface area contributed by atoms with Crippen LogP contribution in [-0.2, 0) is 34.3 Å². The van der Waals surface area contributed by atoms with Crippen molar-refractivity contribution in [2.24, 2.45) is 14.1 Å². The van der Waals surface area contributed by atoms with Crippen LogP contribution in [0.4, 0.5) is 31.1 Å². The van der Waals surface area contributed by atoms with Gasteiger partial charge in [-0.1, -0.05) is 0 Å². The minimum Gasteiger partial charge on any atom is -0.741 e. The van der Waals surface area contributed by atoms with Crippen molar-refractivity contribution in [3.8, 4) is 0 Å². The van der Waals surface area contributed by atoms with Gasteiger partial charge in [-0.25, -0.2) is 26.0 Å². The van der Waals surface area contributed by atoms with E-state index in [1.807, 2.05) is 35.6 Å². The Hall–Kier alpha value is -2.51. The van der Waals surface area contributed by atoms with Gasteiger partial charge in [-0.2, -0.15) is 31.1 Å². The van der Waals surface area contributed by atoms with Crippen molar-refractivity contribution < 1.29 is 66.2 Å². The molecule has 0 unspecified atom stereocenters. The quantitative estimate of drug-likeness (QED) is 0.210. The Kier molecular flexibility index (Phi) is 8.74. The topological polar surface area (TPSA) is 149 Å². The Bertz CT molecular complexity index is 986. The van der Waals surface area contributed by atoms with Crippen LogP contribution in [0, 0.1) is 0 Å². The van der Waals surface area contributed by atoms with Crippen LogP contribution in [0.1, 0.15) is 0 Å². The van der Waals surface area contributed by atoms with Crippen molar-refractivity contribution in [2.75, 3.05) is 0 Å². The third kappa shape index (κ3) is 8.88. The molecule has 0 radical (unpaired) electrons. The van der Waals surface area contributed by atoms with Gasteiger partial charge in [0.15, 0.2) is 20.2 Å². The fourth-order valence-electron chi connectivity index (χ4n) is 1.26. The molecule has 0 aliphatic rings. The number of imidazole rings is 2. The van der Waals surface area contributed by atoms with Crippen LogP contribution in [0.25, 0.3) is 0 Å². The first-order valence-corrected chi connectivity index (χ1v) is 9.64. The van der Waals surface area contributed by atoms with Crippen LogP contribution >= 0.6 is 0 Å². The van der Waals surface area contributed by atoms with Gasteiger partial charge in [0.25, 0.3) is 12.7 Å². The molecule has 2 heterocycles. The summed E-state index contributed by atoms with van der Waals surface area (Å²) in [5, 5.41) is 0. The van der Waals surface area contributed by atoms with Gasteiger partial charge in [0.1, 0.15) is 24.8 Å². The van der Waals surface area contributed by atoms with Crippen molar-refractivity contribution in [3.63, 3.8) is 0 Å². The smallest absolute Gasteiger partial charge is 0.513 e. The molecule has 0 atom stereocenters. The van der Waals surface area contributed by atoms with Crippen LogP contribution < -0.4 is 9.13 Å². The summed E-state index contributed by atoms with van der Waals surface area (Å²) in [6, 6.07) is -0.0915. The summed E-state index contributed by atoms with van der Waals surface area (Å²) in [5.74, 6) is 0. The maximum atomic E-state index is 11.8. The average Bonchev–Trinajstić information content (AvgIpc) is 3.12. The summed E-state index contributed by atoms with van der Waals surface area (Å²) >= 11 is 0. The standard InChI is InChI=1S/C9H12N4O.2CHF3O3S/c1-10-3-5-12(7-10)9(14)13-6-4-11(2)8-13;2*2-1(3,4)8(5,6)7/h3-8H,1-2H3;2*(H,5,6,7)/q+2;;/p-2. The zero-order chi connectivity index (χ0) is 24.1. The molecule has 0 bridgehead atoms. The molecule has 30 heavy (non-hydrogen) atoms. The lowest BCUT2D eigenvalue weighted by molar-refractivity contribution is -0.671. The van der Waals surface area contributed by atoms with Gasteiger partial charge in [-0.3, -0.25) is 0 Å². The Morgan fingerprint density at radius 1 is 0.767 bits per heavy atom. The number of carbonyl (C=O) groups is 1. The number of alkyl halides is 6. The molecule has 0 aliphatic carbocycles. The molecule has 19 heteroatoms. The number of hydrogen-bond donors (Lipinski definition) is 0. The van der Waals surface area contributed by atoms with Crippen molar-refractivity contribution in [2.45, 2.75) is 11.0 Å². The van der Waals surface area contributed by atoms with E-state index in [9.17, 15) is 31.1 Å². The van der Waals surface area contributed by atoms with Crippen LogP contribution in [0.5, 0.6) is 0 Å². The number of carbonyl (C=O) groups excluding carboxylic acids is 1. The molecule has 0 saturated heterocycles. The molecule has 0 saturated carbocycles. The molecule has 2 rings (SSSR count). The van der Waals surface area contributed by atoms with Crippen molar-refractivity contribution in [1.82, 2.24) is 9.13 Å². The zero-order valence-electron chi connectivity index (χ0n) is 14.7. The fourth-order valence-corrected chi connectivity index (χ4v) is 1.26. The lowest BCUT2D eigenvalue weighted by Crippen LogP contribution is -2.28. The van der Waals surface area contributed by atoms with E-state index in [0.717, 1.165) is 0 Å². The lowest BCUT2D eigenvalue weighted by atomic mass is 10.8. The van der Waals surface area contributed by atoms with Gasteiger partial charge >= 0.3 is 17.0 Å². The molecule has 0 aromatic carbocycles. The second-order valence-corrected chi connectivity index (χ2v) is 7.80. The van der Waals surface area contributed by atoms with E-state index in [4.69, 9.17) is 25.9 Å².